The molecule has 1 fully saturated rings. The lowest BCUT2D eigenvalue weighted by atomic mass is 9.91. The summed E-state index contributed by atoms with van der Waals surface area (Å²) in [5.41, 5.74) is 0.586. The summed E-state index contributed by atoms with van der Waals surface area (Å²) in [6, 6.07) is 3.60. The monoisotopic (exact) mass is 329 g/mol. The van der Waals surface area contributed by atoms with Crippen LogP contribution in [0.4, 0.5) is 16.4 Å². The van der Waals surface area contributed by atoms with Gasteiger partial charge in [-0.3, -0.25) is 0 Å². The summed E-state index contributed by atoms with van der Waals surface area (Å²) < 4.78 is 5.54. The molecule has 7 nitrogen and oxygen atoms in total. The van der Waals surface area contributed by atoms with Crippen molar-refractivity contribution in [1.82, 2.24) is 14.9 Å². The van der Waals surface area contributed by atoms with E-state index in [-0.39, 0.29) is 12.1 Å². The molecule has 0 saturated carbocycles. The average molecular weight is 329 g/mol. The maximum Gasteiger partial charge on any atom is 0.322 e. The summed E-state index contributed by atoms with van der Waals surface area (Å²) in [7, 11) is 3.74. The van der Waals surface area contributed by atoms with Gasteiger partial charge >= 0.3 is 6.03 Å². The first-order valence-electron chi connectivity index (χ1n) is 8.15. The van der Waals surface area contributed by atoms with Crippen LogP contribution in [0.15, 0.2) is 35.2 Å². The molecule has 2 aromatic heterocycles. The van der Waals surface area contributed by atoms with Gasteiger partial charge in [-0.15, -0.1) is 0 Å². The molecule has 1 saturated heterocycles. The first-order valence-corrected chi connectivity index (χ1v) is 8.15. The van der Waals surface area contributed by atoms with E-state index in [1.807, 2.05) is 36.0 Å². The van der Waals surface area contributed by atoms with Gasteiger partial charge in [0.1, 0.15) is 5.76 Å². The molecule has 1 aliphatic rings. The second-order valence-electron chi connectivity index (χ2n) is 6.45. The van der Waals surface area contributed by atoms with Crippen molar-refractivity contribution in [3.63, 3.8) is 0 Å². The zero-order valence-corrected chi connectivity index (χ0v) is 14.3. The second kappa shape index (κ2) is 6.90. The molecule has 2 atom stereocenters. The highest BCUT2D eigenvalue weighted by atomic mass is 16.3. The summed E-state index contributed by atoms with van der Waals surface area (Å²) >= 11 is 0. The highest BCUT2D eigenvalue weighted by molar-refractivity contribution is 5.89. The van der Waals surface area contributed by atoms with Crippen molar-refractivity contribution in [2.45, 2.75) is 25.8 Å². The fourth-order valence-corrected chi connectivity index (χ4v) is 2.95. The predicted octanol–water partition coefficient (Wildman–Crippen LogP) is 3.14. The number of furan rings is 1. The van der Waals surface area contributed by atoms with Crippen LogP contribution in [-0.2, 0) is 0 Å². The SMILES string of the molecule is CC1CCN(C(=O)Nc2cnc(N(C)C)nc2)C(c2ccco2)C1. The van der Waals surface area contributed by atoms with Gasteiger partial charge in [0.05, 0.1) is 30.4 Å². The van der Waals surface area contributed by atoms with Crippen molar-refractivity contribution in [2.24, 2.45) is 5.92 Å². The number of rotatable bonds is 3. The van der Waals surface area contributed by atoms with Crippen molar-refractivity contribution in [2.75, 3.05) is 30.9 Å². The Hall–Kier alpha value is -2.57. The summed E-state index contributed by atoms with van der Waals surface area (Å²) in [5, 5.41) is 2.89. The molecule has 2 amide bonds. The largest absolute Gasteiger partial charge is 0.467 e. The molecule has 0 aliphatic carbocycles. The Morgan fingerprint density at radius 1 is 1.38 bits per heavy atom. The van der Waals surface area contributed by atoms with Gasteiger partial charge < -0.3 is 19.5 Å². The van der Waals surface area contributed by atoms with Gasteiger partial charge in [0.15, 0.2) is 0 Å². The number of amides is 2. The minimum Gasteiger partial charge on any atom is -0.467 e. The number of nitrogens with zero attached hydrogens (tertiary/aromatic N) is 4. The third-order valence-electron chi connectivity index (χ3n) is 4.29. The molecular formula is C17H23N5O2. The second-order valence-corrected chi connectivity index (χ2v) is 6.45. The van der Waals surface area contributed by atoms with Gasteiger partial charge in [-0.25, -0.2) is 14.8 Å². The molecule has 1 aliphatic heterocycles. The van der Waals surface area contributed by atoms with E-state index in [0.29, 0.717) is 24.1 Å². The molecule has 128 valence electrons. The van der Waals surface area contributed by atoms with Crippen LogP contribution in [0.2, 0.25) is 0 Å². The first-order chi connectivity index (χ1) is 11.5. The Morgan fingerprint density at radius 2 is 2.12 bits per heavy atom. The highest BCUT2D eigenvalue weighted by Gasteiger charge is 2.32. The van der Waals surface area contributed by atoms with E-state index in [4.69, 9.17) is 4.42 Å². The van der Waals surface area contributed by atoms with Crippen LogP contribution in [-0.4, -0.2) is 41.5 Å². The van der Waals surface area contributed by atoms with Crippen LogP contribution in [0.25, 0.3) is 0 Å². The molecule has 1 N–H and O–H groups in total. The molecule has 0 spiro atoms. The molecule has 3 rings (SSSR count). The number of hydrogen-bond donors (Lipinski definition) is 1. The van der Waals surface area contributed by atoms with Crippen LogP contribution in [0.1, 0.15) is 31.6 Å². The molecule has 3 heterocycles. The van der Waals surface area contributed by atoms with E-state index < -0.39 is 0 Å². The maximum absolute atomic E-state index is 12.7. The lowest BCUT2D eigenvalue weighted by Crippen LogP contribution is -2.42. The van der Waals surface area contributed by atoms with E-state index in [1.165, 1.54) is 0 Å². The number of piperidine rings is 1. The van der Waals surface area contributed by atoms with Crippen LogP contribution in [0.5, 0.6) is 0 Å². The van der Waals surface area contributed by atoms with Gasteiger partial charge in [0.25, 0.3) is 0 Å². The van der Waals surface area contributed by atoms with Crippen LogP contribution in [0, 0.1) is 5.92 Å². The highest BCUT2D eigenvalue weighted by Crippen LogP contribution is 2.34. The van der Waals surface area contributed by atoms with Gasteiger partial charge in [0.2, 0.25) is 5.95 Å². The van der Waals surface area contributed by atoms with Gasteiger partial charge in [-0.2, -0.15) is 0 Å². The van der Waals surface area contributed by atoms with Crippen molar-refractivity contribution < 1.29 is 9.21 Å². The lowest BCUT2D eigenvalue weighted by molar-refractivity contribution is 0.129. The number of likely N-dealkylation sites (tertiary alicyclic amines) is 1. The molecule has 2 aromatic rings. The van der Waals surface area contributed by atoms with E-state index in [9.17, 15) is 4.79 Å². The Morgan fingerprint density at radius 3 is 2.75 bits per heavy atom. The van der Waals surface area contributed by atoms with Crippen molar-refractivity contribution in [3.05, 3.63) is 36.5 Å². The molecule has 0 radical (unpaired) electrons. The zero-order valence-electron chi connectivity index (χ0n) is 14.3. The minimum atomic E-state index is -0.149. The number of anilines is 2. The minimum absolute atomic E-state index is 0.0364. The number of carbonyl (C=O) groups excluding carboxylic acids is 1. The maximum atomic E-state index is 12.7. The Bertz CT molecular complexity index is 669. The third kappa shape index (κ3) is 3.50. The molecule has 0 bridgehead atoms. The van der Waals surface area contributed by atoms with Gasteiger partial charge in [0, 0.05) is 20.6 Å². The summed E-state index contributed by atoms with van der Waals surface area (Å²) in [6.45, 7) is 2.91. The van der Waals surface area contributed by atoms with E-state index in [2.05, 4.69) is 22.2 Å². The molecule has 24 heavy (non-hydrogen) atoms. The van der Waals surface area contributed by atoms with Crippen LogP contribution >= 0.6 is 0 Å². The summed E-state index contributed by atoms with van der Waals surface area (Å²) in [4.78, 5) is 24.8. The predicted molar refractivity (Wildman–Crippen MR) is 91.9 cm³/mol. The van der Waals surface area contributed by atoms with E-state index in [1.54, 1.807) is 18.7 Å². The normalized spacial score (nSPS) is 20.7. The number of aromatic nitrogens is 2. The lowest BCUT2D eigenvalue weighted by Gasteiger charge is -2.37. The summed E-state index contributed by atoms with van der Waals surface area (Å²) in [5.74, 6) is 2.00. The van der Waals surface area contributed by atoms with Crippen LogP contribution in [0.3, 0.4) is 0 Å². The number of carbonyl (C=O) groups is 1. The van der Waals surface area contributed by atoms with Gasteiger partial charge in [-0.05, 0) is 30.9 Å². The Kier molecular flexibility index (Phi) is 4.69. The van der Waals surface area contributed by atoms with E-state index in [0.717, 1.165) is 18.6 Å². The van der Waals surface area contributed by atoms with E-state index >= 15 is 0 Å². The fraction of sp³-hybridized carbons (Fsp3) is 0.471. The zero-order chi connectivity index (χ0) is 17.1. The van der Waals surface area contributed by atoms with Crippen molar-refractivity contribution in [3.8, 4) is 0 Å². The quantitative estimate of drug-likeness (QED) is 0.936. The molecule has 7 heteroatoms. The fourth-order valence-electron chi connectivity index (χ4n) is 2.95. The average Bonchev–Trinajstić information content (AvgIpc) is 3.09. The number of urea groups is 1. The summed E-state index contributed by atoms with van der Waals surface area (Å²) in [6.07, 6.45) is 6.78. The topological polar surface area (TPSA) is 74.5 Å². The Labute approximate surface area is 141 Å². The third-order valence-corrected chi connectivity index (χ3v) is 4.29. The standard InChI is InChI=1S/C17H23N5O2/c1-12-6-7-22(14(9-12)15-5-4-8-24-15)17(23)20-13-10-18-16(19-11-13)21(2)3/h4-5,8,10-12,14H,6-7,9H2,1-3H3,(H,20,23). The first kappa shape index (κ1) is 16.3. The van der Waals surface area contributed by atoms with Gasteiger partial charge in [-0.1, -0.05) is 6.92 Å². The number of hydrogen-bond acceptors (Lipinski definition) is 5. The molecular weight excluding hydrogens is 306 g/mol. The van der Waals surface area contributed by atoms with Crippen LogP contribution < -0.4 is 10.2 Å². The van der Waals surface area contributed by atoms with Crippen molar-refractivity contribution >= 4 is 17.7 Å². The number of nitrogens with one attached hydrogen (secondary N) is 1. The Balaban J connectivity index is 1.72. The molecule has 0 aromatic carbocycles. The van der Waals surface area contributed by atoms with Crippen molar-refractivity contribution in [1.29, 1.82) is 0 Å². The smallest absolute Gasteiger partial charge is 0.322 e. The molecule has 2 unspecified atom stereocenters.